The van der Waals surface area contributed by atoms with Crippen molar-refractivity contribution in [1.29, 1.82) is 0 Å². The maximum Gasteiger partial charge on any atom is 0.299 e. The topological polar surface area (TPSA) is 6.48 Å². The molecular formula is C8H14N2Si2. The van der Waals surface area contributed by atoms with Gasteiger partial charge in [0.1, 0.15) is 0 Å². The molecule has 0 N–H and O–H groups in total. The number of nitrogens with zero attached hydrogens (tertiary/aromatic N) is 2. The SMILES string of the molecule is C=CN1[SiH2]N(C=C)[Si]1(C=C)C=C. The molecule has 1 rings (SSSR count). The minimum atomic E-state index is -1.73. The Hall–Kier alpha value is -1.01. The molecule has 1 heterocycles. The van der Waals surface area contributed by atoms with E-state index in [-0.39, 0.29) is 9.84 Å². The Kier molecular flexibility index (Phi) is 2.39. The molecule has 0 radical (unpaired) electrons. The lowest BCUT2D eigenvalue weighted by atomic mass is 11.1. The monoisotopic (exact) mass is 194 g/mol. The van der Waals surface area contributed by atoms with E-state index in [0.29, 0.717) is 0 Å². The van der Waals surface area contributed by atoms with Crippen LogP contribution in [0.25, 0.3) is 0 Å². The van der Waals surface area contributed by atoms with Crippen molar-refractivity contribution >= 4 is 18.2 Å². The molecule has 0 aromatic heterocycles. The smallest absolute Gasteiger partial charge is 0.299 e. The quantitative estimate of drug-likeness (QED) is 0.610. The van der Waals surface area contributed by atoms with Crippen LogP contribution >= 0.6 is 0 Å². The van der Waals surface area contributed by atoms with Crippen LogP contribution in [0.1, 0.15) is 0 Å². The van der Waals surface area contributed by atoms with Crippen molar-refractivity contribution in [3.05, 3.63) is 50.1 Å². The molecule has 64 valence electrons. The van der Waals surface area contributed by atoms with E-state index in [0.717, 1.165) is 0 Å². The summed E-state index contributed by atoms with van der Waals surface area (Å²) in [5.74, 6) is 0. The number of hydrogen-bond donors (Lipinski definition) is 0. The highest BCUT2D eigenvalue weighted by Crippen LogP contribution is 2.26. The normalized spacial score (nSPS) is 19.3. The molecule has 0 spiro atoms. The first kappa shape index (κ1) is 9.08. The van der Waals surface area contributed by atoms with Crippen molar-refractivity contribution in [2.45, 2.75) is 0 Å². The van der Waals surface area contributed by atoms with Gasteiger partial charge in [0.05, 0.1) is 0 Å². The highest BCUT2D eigenvalue weighted by Gasteiger charge is 2.47. The van der Waals surface area contributed by atoms with Gasteiger partial charge >= 0.3 is 0 Å². The molecule has 0 aromatic rings. The van der Waals surface area contributed by atoms with Crippen LogP contribution in [0.15, 0.2) is 50.1 Å². The van der Waals surface area contributed by atoms with Crippen molar-refractivity contribution in [2.24, 2.45) is 0 Å². The third-order valence-electron chi connectivity index (χ3n) is 2.27. The molecule has 0 unspecified atom stereocenters. The van der Waals surface area contributed by atoms with Gasteiger partial charge in [-0.25, -0.2) is 0 Å². The molecule has 1 fully saturated rings. The summed E-state index contributed by atoms with van der Waals surface area (Å²) < 4.78 is 4.63. The first-order chi connectivity index (χ1) is 5.75. The zero-order valence-electron chi connectivity index (χ0n) is 7.24. The van der Waals surface area contributed by atoms with Gasteiger partial charge in [0, 0.05) is 0 Å². The molecule has 1 aliphatic rings. The minimum Gasteiger partial charge on any atom is -0.398 e. The lowest BCUT2D eigenvalue weighted by Crippen LogP contribution is -2.75. The molecule has 1 aliphatic heterocycles. The average molecular weight is 194 g/mol. The standard InChI is InChI=1S/C8H14N2Si2/c1-5-9-11-10(6-2)12(9,7-3)8-4/h5-8H,1-4,11H2. The van der Waals surface area contributed by atoms with Crippen LogP contribution < -0.4 is 0 Å². The van der Waals surface area contributed by atoms with Gasteiger partial charge in [-0.1, -0.05) is 24.6 Å². The Morgan fingerprint density at radius 3 is 1.58 bits per heavy atom. The average Bonchev–Trinajstić information content (AvgIpc) is 2.07. The van der Waals surface area contributed by atoms with Gasteiger partial charge in [0.2, 0.25) is 9.84 Å². The molecule has 1 saturated heterocycles. The van der Waals surface area contributed by atoms with Crippen molar-refractivity contribution in [1.82, 2.24) is 8.46 Å². The molecule has 2 nitrogen and oxygen atoms in total. The first-order valence-corrected chi connectivity index (χ1v) is 7.12. The van der Waals surface area contributed by atoms with E-state index < -0.39 is 8.40 Å². The van der Waals surface area contributed by atoms with Crippen molar-refractivity contribution in [3.8, 4) is 0 Å². The van der Waals surface area contributed by atoms with Crippen molar-refractivity contribution in [2.75, 3.05) is 0 Å². The zero-order chi connectivity index (χ0) is 9.19. The molecule has 0 amide bonds. The van der Waals surface area contributed by atoms with Gasteiger partial charge in [-0.15, -0.1) is 13.2 Å². The molecule has 4 heteroatoms. The summed E-state index contributed by atoms with van der Waals surface area (Å²) in [5.41, 5.74) is 4.00. The second kappa shape index (κ2) is 3.16. The first-order valence-electron chi connectivity index (χ1n) is 3.81. The molecule has 0 aromatic carbocycles. The van der Waals surface area contributed by atoms with E-state index in [9.17, 15) is 0 Å². The fraction of sp³-hybridized carbons (Fsp3) is 0. The summed E-state index contributed by atoms with van der Waals surface area (Å²) >= 11 is 0. The van der Waals surface area contributed by atoms with E-state index in [2.05, 4.69) is 34.8 Å². The Morgan fingerprint density at radius 1 is 0.917 bits per heavy atom. The third-order valence-corrected chi connectivity index (χ3v) is 10.7. The van der Waals surface area contributed by atoms with Gasteiger partial charge < -0.3 is 8.46 Å². The summed E-state index contributed by atoms with van der Waals surface area (Å²) in [6, 6.07) is 0. The molecule has 0 aliphatic carbocycles. The van der Waals surface area contributed by atoms with Crippen molar-refractivity contribution in [3.63, 3.8) is 0 Å². The summed E-state index contributed by atoms with van der Waals surface area (Å²) in [7, 11) is -2.07. The maximum absolute atomic E-state index is 3.86. The van der Waals surface area contributed by atoms with Crippen LogP contribution in [0, 0.1) is 0 Å². The van der Waals surface area contributed by atoms with Crippen molar-refractivity contribution < 1.29 is 0 Å². The molecule has 12 heavy (non-hydrogen) atoms. The third kappa shape index (κ3) is 0.920. The molecule has 0 atom stereocenters. The Morgan fingerprint density at radius 2 is 1.33 bits per heavy atom. The minimum absolute atomic E-state index is 0.343. The van der Waals surface area contributed by atoms with E-state index in [1.807, 2.05) is 23.8 Å². The molecular weight excluding hydrogens is 180 g/mol. The highest BCUT2D eigenvalue weighted by molar-refractivity contribution is 6.98. The van der Waals surface area contributed by atoms with Crippen LogP contribution in [0.5, 0.6) is 0 Å². The van der Waals surface area contributed by atoms with Crippen LogP contribution in [0.3, 0.4) is 0 Å². The second-order valence-electron chi connectivity index (χ2n) is 2.64. The zero-order valence-corrected chi connectivity index (χ0v) is 9.65. The molecule has 0 bridgehead atoms. The van der Waals surface area contributed by atoms with Crippen LogP contribution in [0.4, 0.5) is 0 Å². The van der Waals surface area contributed by atoms with E-state index in [1.165, 1.54) is 0 Å². The van der Waals surface area contributed by atoms with Gasteiger partial charge in [0.15, 0.2) is 0 Å². The highest BCUT2D eigenvalue weighted by atomic mass is 28.4. The van der Waals surface area contributed by atoms with Crippen LogP contribution in [-0.2, 0) is 0 Å². The second-order valence-corrected chi connectivity index (χ2v) is 9.08. The predicted octanol–water partition coefficient (Wildman–Crippen LogP) is 0.782. The lowest BCUT2D eigenvalue weighted by molar-refractivity contribution is 0.627. The van der Waals surface area contributed by atoms with E-state index in [1.54, 1.807) is 0 Å². The Labute approximate surface area is 77.3 Å². The fourth-order valence-corrected chi connectivity index (χ4v) is 8.25. The van der Waals surface area contributed by atoms with Crippen LogP contribution in [-0.4, -0.2) is 26.7 Å². The lowest BCUT2D eigenvalue weighted by Gasteiger charge is -2.55. The maximum atomic E-state index is 3.86. The molecule has 0 saturated carbocycles. The van der Waals surface area contributed by atoms with Gasteiger partial charge in [0.25, 0.3) is 8.40 Å². The summed E-state index contributed by atoms with van der Waals surface area (Å²) in [4.78, 5) is 0. The Balaban J connectivity index is 2.92. The summed E-state index contributed by atoms with van der Waals surface area (Å²) in [6.45, 7) is 15.3. The number of rotatable bonds is 4. The summed E-state index contributed by atoms with van der Waals surface area (Å²) in [6.07, 6.45) is 3.81. The van der Waals surface area contributed by atoms with Crippen LogP contribution in [0.2, 0.25) is 0 Å². The predicted molar refractivity (Wildman–Crippen MR) is 58.8 cm³/mol. The van der Waals surface area contributed by atoms with E-state index in [4.69, 9.17) is 0 Å². The van der Waals surface area contributed by atoms with Gasteiger partial charge in [-0.3, -0.25) is 0 Å². The van der Waals surface area contributed by atoms with E-state index >= 15 is 0 Å². The number of hydrogen-bond acceptors (Lipinski definition) is 2. The summed E-state index contributed by atoms with van der Waals surface area (Å²) in [5, 5.41) is 0. The fourth-order valence-electron chi connectivity index (χ4n) is 1.44. The van der Waals surface area contributed by atoms with Gasteiger partial charge in [-0.2, -0.15) is 0 Å². The largest absolute Gasteiger partial charge is 0.398 e. The van der Waals surface area contributed by atoms with Gasteiger partial charge in [-0.05, 0) is 12.4 Å². The Bertz CT molecular complexity index is 213.